The van der Waals surface area contributed by atoms with Crippen LogP contribution in [0.15, 0.2) is 42.5 Å². The minimum absolute atomic E-state index is 0.0394. The van der Waals surface area contributed by atoms with E-state index >= 15 is 0 Å². The van der Waals surface area contributed by atoms with Gasteiger partial charge in [-0.3, -0.25) is 4.79 Å². The Morgan fingerprint density at radius 1 is 1.10 bits per heavy atom. The standard InChI is InChI=1S/C17H18ClNO/c1-12-6-7-13(2)16(8-12)17(20)19-11-15-5-3-4-14(9-15)10-18/h3-9H,10-11H2,1-2H3,(H,19,20). The molecule has 20 heavy (non-hydrogen) atoms. The van der Waals surface area contributed by atoms with Crippen LogP contribution in [0.3, 0.4) is 0 Å². The molecule has 2 nitrogen and oxygen atoms in total. The number of rotatable bonds is 4. The average molecular weight is 288 g/mol. The highest BCUT2D eigenvalue weighted by Gasteiger charge is 2.08. The van der Waals surface area contributed by atoms with Crippen molar-refractivity contribution in [1.29, 1.82) is 0 Å². The molecule has 0 radical (unpaired) electrons. The van der Waals surface area contributed by atoms with E-state index in [1.54, 1.807) is 0 Å². The summed E-state index contributed by atoms with van der Waals surface area (Å²) in [6, 6.07) is 13.8. The molecule has 2 rings (SSSR count). The van der Waals surface area contributed by atoms with E-state index in [1.807, 2.05) is 56.3 Å². The van der Waals surface area contributed by atoms with E-state index in [4.69, 9.17) is 11.6 Å². The van der Waals surface area contributed by atoms with Crippen LogP contribution in [0.2, 0.25) is 0 Å². The van der Waals surface area contributed by atoms with E-state index in [1.165, 1.54) is 0 Å². The van der Waals surface area contributed by atoms with Crippen LogP contribution in [0.5, 0.6) is 0 Å². The van der Waals surface area contributed by atoms with Crippen molar-refractivity contribution in [3.63, 3.8) is 0 Å². The Bertz CT molecular complexity index is 622. The van der Waals surface area contributed by atoms with Crippen molar-refractivity contribution in [2.45, 2.75) is 26.3 Å². The molecule has 0 saturated heterocycles. The molecule has 0 aliphatic carbocycles. The smallest absolute Gasteiger partial charge is 0.251 e. The van der Waals surface area contributed by atoms with Crippen molar-refractivity contribution in [1.82, 2.24) is 5.32 Å². The summed E-state index contributed by atoms with van der Waals surface area (Å²) < 4.78 is 0. The maximum absolute atomic E-state index is 12.2. The van der Waals surface area contributed by atoms with Crippen LogP contribution in [0.1, 0.15) is 32.6 Å². The van der Waals surface area contributed by atoms with E-state index in [0.29, 0.717) is 12.4 Å². The zero-order chi connectivity index (χ0) is 14.5. The molecule has 0 unspecified atom stereocenters. The van der Waals surface area contributed by atoms with E-state index in [0.717, 1.165) is 27.8 Å². The number of aryl methyl sites for hydroxylation is 2. The highest BCUT2D eigenvalue weighted by molar-refractivity contribution is 6.17. The normalized spacial score (nSPS) is 10.3. The molecule has 0 aliphatic rings. The molecule has 104 valence electrons. The van der Waals surface area contributed by atoms with E-state index in [9.17, 15) is 4.79 Å². The number of halogens is 1. The molecule has 0 spiro atoms. The largest absolute Gasteiger partial charge is 0.348 e. The molecule has 1 amide bonds. The van der Waals surface area contributed by atoms with Crippen LogP contribution in [0, 0.1) is 13.8 Å². The van der Waals surface area contributed by atoms with Gasteiger partial charge >= 0.3 is 0 Å². The third-order valence-electron chi connectivity index (χ3n) is 3.24. The Hall–Kier alpha value is -1.80. The fourth-order valence-electron chi connectivity index (χ4n) is 2.08. The van der Waals surface area contributed by atoms with Crippen LogP contribution in [-0.4, -0.2) is 5.91 Å². The van der Waals surface area contributed by atoms with Gasteiger partial charge in [0.2, 0.25) is 0 Å². The molecule has 0 saturated carbocycles. The molecule has 0 aromatic heterocycles. The minimum atomic E-state index is -0.0394. The number of carbonyl (C=O) groups excluding carboxylic acids is 1. The quantitative estimate of drug-likeness (QED) is 0.847. The Kier molecular flexibility index (Phi) is 4.80. The highest BCUT2D eigenvalue weighted by Crippen LogP contribution is 2.11. The summed E-state index contributed by atoms with van der Waals surface area (Å²) in [6.07, 6.45) is 0. The third-order valence-corrected chi connectivity index (χ3v) is 3.55. The van der Waals surface area contributed by atoms with Gasteiger partial charge in [0.1, 0.15) is 0 Å². The van der Waals surface area contributed by atoms with Gasteiger partial charge < -0.3 is 5.32 Å². The Morgan fingerprint density at radius 3 is 2.60 bits per heavy atom. The van der Waals surface area contributed by atoms with Crippen LogP contribution in [0.25, 0.3) is 0 Å². The van der Waals surface area contributed by atoms with Gasteiger partial charge in [-0.15, -0.1) is 11.6 Å². The second-order valence-corrected chi connectivity index (χ2v) is 5.22. The Balaban J connectivity index is 2.06. The fraction of sp³-hybridized carbons (Fsp3) is 0.235. The van der Waals surface area contributed by atoms with Gasteiger partial charge in [0.05, 0.1) is 0 Å². The zero-order valence-corrected chi connectivity index (χ0v) is 12.5. The zero-order valence-electron chi connectivity index (χ0n) is 11.7. The second-order valence-electron chi connectivity index (χ2n) is 4.95. The van der Waals surface area contributed by atoms with Gasteiger partial charge in [0, 0.05) is 18.0 Å². The van der Waals surface area contributed by atoms with Crippen molar-refractivity contribution < 1.29 is 4.79 Å². The minimum Gasteiger partial charge on any atom is -0.348 e. The number of benzene rings is 2. The molecule has 1 N–H and O–H groups in total. The molecule has 0 heterocycles. The van der Waals surface area contributed by atoms with Gasteiger partial charge in [-0.25, -0.2) is 0 Å². The first-order chi connectivity index (χ1) is 9.60. The van der Waals surface area contributed by atoms with Gasteiger partial charge in [-0.1, -0.05) is 42.0 Å². The van der Waals surface area contributed by atoms with E-state index in [2.05, 4.69) is 5.32 Å². The number of alkyl halides is 1. The second kappa shape index (κ2) is 6.58. The molecule has 2 aromatic carbocycles. The lowest BCUT2D eigenvalue weighted by Crippen LogP contribution is -2.23. The summed E-state index contributed by atoms with van der Waals surface area (Å²) in [5.41, 5.74) is 4.93. The lowest BCUT2D eigenvalue weighted by atomic mass is 10.0. The molecule has 3 heteroatoms. The average Bonchev–Trinajstić information content (AvgIpc) is 2.47. The summed E-state index contributed by atoms with van der Waals surface area (Å²) >= 11 is 5.81. The Labute approximate surface area is 124 Å². The molecule has 2 aromatic rings. The summed E-state index contributed by atoms with van der Waals surface area (Å²) in [5, 5.41) is 2.95. The van der Waals surface area contributed by atoms with Crippen molar-refractivity contribution in [3.8, 4) is 0 Å². The maximum Gasteiger partial charge on any atom is 0.251 e. The summed E-state index contributed by atoms with van der Waals surface area (Å²) in [5.74, 6) is 0.446. The first kappa shape index (κ1) is 14.6. The molecule has 0 atom stereocenters. The number of amides is 1. The van der Waals surface area contributed by atoms with Gasteiger partial charge in [0.25, 0.3) is 5.91 Å². The van der Waals surface area contributed by atoms with Crippen molar-refractivity contribution in [2.24, 2.45) is 0 Å². The maximum atomic E-state index is 12.2. The predicted octanol–water partition coefficient (Wildman–Crippen LogP) is 3.97. The molecular formula is C17H18ClNO. The van der Waals surface area contributed by atoms with Crippen LogP contribution in [-0.2, 0) is 12.4 Å². The highest BCUT2D eigenvalue weighted by atomic mass is 35.5. The van der Waals surface area contributed by atoms with E-state index < -0.39 is 0 Å². The number of carbonyl (C=O) groups is 1. The summed E-state index contributed by atoms with van der Waals surface area (Å²) in [6.45, 7) is 4.44. The summed E-state index contributed by atoms with van der Waals surface area (Å²) in [7, 11) is 0. The summed E-state index contributed by atoms with van der Waals surface area (Å²) in [4.78, 5) is 12.2. The van der Waals surface area contributed by atoms with E-state index in [-0.39, 0.29) is 5.91 Å². The molecule has 0 bridgehead atoms. The SMILES string of the molecule is Cc1ccc(C)c(C(=O)NCc2cccc(CCl)c2)c1. The van der Waals surface area contributed by atoms with Crippen LogP contribution >= 0.6 is 11.6 Å². The molecule has 0 aliphatic heterocycles. The first-order valence-electron chi connectivity index (χ1n) is 6.59. The number of nitrogens with one attached hydrogen (secondary N) is 1. The molecular weight excluding hydrogens is 270 g/mol. The van der Waals surface area contributed by atoms with Crippen LogP contribution in [0.4, 0.5) is 0 Å². The Morgan fingerprint density at radius 2 is 1.85 bits per heavy atom. The first-order valence-corrected chi connectivity index (χ1v) is 7.13. The number of hydrogen-bond acceptors (Lipinski definition) is 1. The monoisotopic (exact) mass is 287 g/mol. The van der Waals surface area contributed by atoms with Gasteiger partial charge in [0.15, 0.2) is 0 Å². The van der Waals surface area contributed by atoms with Crippen molar-refractivity contribution in [3.05, 3.63) is 70.3 Å². The lowest BCUT2D eigenvalue weighted by Gasteiger charge is -2.09. The fourth-order valence-corrected chi connectivity index (χ4v) is 2.25. The third kappa shape index (κ3) is 3.61. The number of hydrogen-bond donors (Lipinski definition) is 1. The van der Waals surface area contributed by atoms with Crippen LogP contribution < -0.4 is 5.32 Å². The predicted molar refractivity (Wildman–Crippen MR) is 83.1 cm³/mol. The molecule has 0 fully saturated rings. The topological polar surface area (TPSA) is 29.1 Å². The van der Waals surface area contributed by atoms with Crippen molar-refractivity contribution >= 4 is 17.5 Å². The lowest BCUT2D eigenvalue weighted by molar-refractivity contribution is 0.0950. The van der Waals surface area contributed by atoms with Crippen molar-refractivity contribution in [2.75, 3.05) is 0 Å². The van der Waals surface area contributed by atoms with Gasteiger partial charge in [-0.05, 0) is 36.6 Å². The van der Waals surface area contributed by atoms with Gasteiger partial charge in [-0.2, -0.15) is 0 Å².